The number of aromatic amines is 1. The number of rotatable bonds is 5. The molecule has 25 heavy (non-hydrogen) atoms. The minimum absolute atomic E-state index is 0.0212. The first kappa shape index (κ1) is 17.7. The van der Waals surface area contributed by atoms with E-state index in [2.05, 4.69) is 4.98 Å². The monoisotopic (exact) mass is 341 g/mol. The van der Waals surface area contributed by atoms with Crippen LogP contribution in [0.1, 0.15) is 11.1 Å². The van der Waals surface area contributed by atoms with Crippen molar-refractivity contribution in [3.8, 4) is 46.4 Å². The zero-order valence-corrected chi connectivity index (χ0v) is 14.1. The molecule has 0 radical (unpaired) electrons. The van der Waals surface area contributed by atoms with Crippen LogP contribution in [-0.4, -0.2) is 33.4 Å². The van der Waals surface area contributed by atoms with Crippen LogP contribution in [0.15, 0.2) is 16.9 Å². The third-order valence-corrected chi connectivity index (χ3v) is 3.56. The number of nitrogens with one attached hydrogen (secondary N) is 1. The molecule has 8 nitrogen and oxygen atoms in total. The Bertz CT molecular complexity index is 925. The number of H-pyrrole nitrogens is 1. The molecule has 0 amide bonds. The summed E-state index contributed by atoms with van der Waals surface area (Å²) in [6.45, 7) is 0. The van der Waals surface area contributed by atoms with Crippen molar-refractivity contribution >= 4 is 0 Å². The van der Waals surface area contributed by atoms with Gasteiger partial charge >= 0.3 is 0 Å². The summed E-state index contributed by atoms with van der Waals surface area (Å²) in [6, 6.07) is 6.89. The van der Waals surface area contributed by atoms with E-state index in [1.54, 1.807) is 12.1 Å². The molecule has 1 heterocycles. The van der Waals surface area contributed by atoms with Gasteiger partial charge in [0.15, 0.2) is 11.5 Å². The van der Waals surface area contributed by atoms with Crippen LogP contribution in [0.25, 0.3) is 11.1 Å². The van der Waals surface area contributed by atoms with E-state index in [0.29, 0.717) is 22.8 Å². The molecular formula is C17H15N3O5. The largest absolute Gasteiger partial charge is 0.493 e. The predicted molar refractivity (Wildman–Crippen MR) is 88.1 cm³/mol. The van der Waals surface area contributed by atoms with Gasteiger partial charge in [0.25, 0.3) is 5.56 Å². The second kappa shape index (κ2) is 7.28. The van der Waals surface area contributed by atoms with Gasteiger partial charge in [-0.25, -0.2) is 0 Å². The summed E-state index contributed by atoms with van der Waals surface area (Å²) in [4.78, 5) is 14.5. The lowest BCUT2D eigenvalue weighted by Crippen LogP contribution is -2.15. The molecule has 0 aliphatic rings. The highest BCUT2D eigenvalue weighted by atomic mass is 16.5. The van der Waals surface area contributed by atoms with Crippen molar-refractivity contribution in [3.63, 3.8) is 0 Å². The number of hydrogen-bond acceptors (Lipinski definition) is 7. The fourth-order valence-corrected chi connectivity index (χ4v) is 2.46. The minimum atomic E-state index is -0.665. The van der Waals surface area contributed by atoms with Crippen LogP contribution in [0.2, 0.25) is 0 Å². The number of nitrogens with zero attached hydrogens (tertiary/aromatic N) is 2. The number of hydrogen-bond donors (Lipinski definition) is 1. The van der Waals surface area contributed by atoms with Gasteiger partial charge < -0.3 is 18.9 Å². The molecule has 0 atom stereocenters. The summed E-state index contributed by atoms with van der Waals surface area (Å²) >= 11 is 0. The standard InChI is InChI=1S/C17H15N3O5/c1-22-12-5-9(6-13(23-2)15(12)24-3)14-10(7-18)16(21)20-17(25-4)11(14)8-19/h5-6H,1-4H3,(H,20,21). The van der Waals surface area contributed by atoms with Crippen molar-refractivity contribution in [1.29, 1.82) is 10.5 Å². The molecule has 0 bridgehead atoms. The minimum Gasteiger partial charge on any atom is -0.493 e. The first-order valence-electron chi connectivity index (χ1n) is 7.01. The van der Waals surface area contributed by atoms with Gasteiger partial charge in [0.05, 0.1) is 28.4 Å². The third-order valence-electron chi connectivity index (χ3n) is 3.56. The molecule has 1 aromatic heterocycles. The summed E-state index contributed by atoms with van der Waals surface area (Å²) in [5, 5.41) is 18.9. The van der Waals surface area contributed by atoms with Gasteiger partial charge in [-0.1, -0.05) is 0 Å². The molecule has 2 rings (SSSR count). The van der Waals surface area contributed by atoms with Crippen molar-refractivity contribution in [2.24, 2.45) is 0 Å². The van der Waals surface area contributed by atoms with E-state index in [4.69, 9.17) is 18.9 Å². The quantitative estimate of drug-likeness (QED) is 0.881. The van der Waals surface area contributed by atoms with Crippen molar-refractivity contribution in [1.82, 2.24) is 4.98 Å². The third kappa shape index (κ3) is 2.93. The zero-order chi connectivity index (χ0) is 18.6. The number of ether oxygens (including phenoxy) is 4. The molecule has 0 saturated carbocycles. The van der Waals surface area contributed by atoms with Crippen molar-refractivity contribution in [2.45, 2.75) is 0 Å². The van der Waals surface area contributed by atoms with E-state index in [1.807, 2.05) is 12.1 Å². The lowest BCUT2D eigenvalue weighted by Gasteiger charge is -2.16. The summed E-state index contributed by atoms with van der Waals surface area (Å²) in [5.41, 5.74) is -0.349. The lowest BCUT2D eigenvalue weighted by atomic mass is 9.96. The van der Waals surface area contributed by atoms with Gasteiger partial charge in [0, 0.05) is 5.56 Å². The predicted octanol–water partition coefficient (Wildman–Crippen LogP) is 1.82. The highest BCUT2D eigenvalue weighted by molar-refractivity contribution is 5.81. The van der Waals surface area contributed by atoms with E-state index < -0.39 is 5.56 Å². The van der Waals surface area contributed by atoms with E-state index in [0.717, 1.165) is 0 Å². The molecule has 128 valence electrons. The molecule has 8 heteroatoms. The summed E-state index contributed by atoms with van der Waals surface area (Å²) in [6.07, 6.45) is 0. The first-order valence-corrected chi connectivity index (χ1v) is 7.01. The Hall–Kier alpha value is -3.65. The fraction of sp³-hybridized carbons (Fsp3) is 0.235. The summed E-state index contributed by atoms with van der Waals surface area (Å²) < 4.78 is 20.9. The van der Waals surface area contributed by atoms with Crippen molar-refractivity contribution in [3.05, 3.63) is 33.6 Å². The normalized spacial score (nSPS) is 9.68. The molecule has 0 spiro atoms. The van der Waals surface area contributed by atoms with Gasteiger partial charge in [-0.05, 0) is 17.7 Å². The Morgan fingerprint density at radius 1 is 0.880 bits per heavy atom. The highest BCUT2D eigenvalue weighted by Crippen LogP contribution is 2.42. The molecule has 0 fully saturated rings. The van der Waals surface area contributed by atoms with Crippen LogP contribution in [0.4, 0.5) is 0 Å². The van der Waals surface area contributed by atoms with E-state index in [-0.39, 0.29) is 22.6 Å². The van der Waals surface area contributed by atoms with E-state index in [9.17, 15) is 15.3 Å². The maximum absolute atomic E-state index is 12.2. The molecule has 0 unspecified atom stereocenters. The molecule has 2 aromatic rings. The molecule has 0 saturated heterocycles. The SMILES string of the molecule is COc1cc(-c2c(C#N)c(OC)[nH]c(=O)c2C#N)cc(OC)c1OC. The maximum Gasteiger partial charge on any atom is 0.269 e. The Morgan fingerprint density at radius 2 is 1.44 bits per heavy atom. The second-order valence-corrected chi connectivity index (χ2v) is 4.75. The number of benzene rings is 1. The van der Waals surface area contributed by atoms with Crippen LogP contribution in [0.3, 0.4) is 0 Å². The molecule has 0 aliphatic carbocycles. The second-order valence-electron chi connectivity index (χ2n) is 4.75. The average molecular weight is 341 g/mol. The van der Waals surface area contributed by atoms with Gasteiger partial charge in [-0.3, -0.25) is 9.78 Å². The molecular weight excluding hydrogens is 326 g/mol. The zero-order valence-electron chi connectivity index (χ0n) is 14.1. The van der Waals surface area contributed by atoms with Crippen LogP contribution < -0.4 is 24.5 Å². The van der Waals surface area contributed by atoms with Crippen molar-refractivity contribution < 1.29 is 18.9 Å². The van der Waals surface area contributed by atoms with Crippen LogP contribution in [0.5, 0.6) is 23.1 Å². The fourth-order valence-electron chi connectivity index (χ4n) is 2.46. The van der Waals surface area contributed by atoms with Gasteiger partial charge in [0.1, 0.15) is 23.3 Å². The van der Waals surface area contributed by atoms with Gasteiger partial charge in [0.2, 0.25) is 11.6 Å². The Labute approximate surface area is 143 Å². The molecule has 0 aliphatic heterocycles. The highest BCUT2D eigenvalue weighted by Gasteiger charge is 2.23. The lowest BCUT2D eigenvalue weighted by molar-refractivity contribution is 0.324. The first-order chi connectivity index (χ1) is 12.1. The van der Waals surface area contributed by atoms with E-state index in [1.165, 1.54) is 28.4 Å². The Balaban J connectivity index is 2.96. The van der Waals surface area contributed by atoms with Crippen molar-refractivity contribution in [2.75, 3.05) is 28.4 Å². The number of aromatic nitrogens is 1. The Kier molecular flexibility index (Phi) is 5.15. The Morgan fingerprint density at radius 3 is 1.84 bits per heavy atom. The summed E-state index contributed by atoms with van der Waals surface area (Å²) in [7, 11) is 5.65. The van der Waals surface area contributed by atoms with Gasteiger partial charge in [-0.2, -0.15) is 10.5 Å². The van der Waals surface area contributed by atoms with Crippen LogP contribution in [-0.2, 0) is 0 Å². The maximum atomic E-state index is 12.2. The van der Waals surface area contributed by atoms with Gasteiger partial charge in [-0.15, -0.1) is 0 Å². The van der Waals surface area contributed by atoms with Crippen LogP contribution in [0, 0.1) is 22.7 Å². The molecule has 1 aromatic carbocycles. The number of pyridine rings is 1. The average Bonchev–Trinajstić information content (AvgIpc) is 2.65. The molecule has 1 N–H and O–H groups in total. The number of methoxy groups -OCH3 is 4. The topological polar surface area (TPSA) is 117 Å². The smallest absolute Gasteiger partial charge is 0.269 e. The number of nitriles is 2. The van der Waals surface area contributed by atoms with E-state index >= 15 is 0 Å². The summed E-state index contributed by atoms with van der Waals surface area (Å²) in [5.74, 6) is 0.963. The van der Waals surface area contributed by atoms with Crippen LogP contribution >= 0.6 is 0 Å².